The van der Waals surface area contributed by atoms with Crippen LogP contribution in [0.2, 0.25) is 0 Å². The van der Waals surface area contributed by atoms with Gasteiger partial charge in [0.15, 0.2) is 5.12 Å². The van der Waals surface area contributed by atoms with Crippen LogP contribution in [0.15, 0.2) is 0 Å². The third-order valence-corrected chi connectivity index (χ3v) is 5.64. The lowest BCUT2D eigenvalue weighted by atomic mass is 9.93. The zero-order valence-electron chi connectivity index (χ0n) is 14.6. The van der Waals surface area contributed by atoms with E-state index in [1.807, 2.05) is 20.8 Å². The molecule has 1 fully saturated rings. The van der Waals surface area contributed by atoms with Crippen molar-refractivity contribution in [1.82, 2.24) is 4.90 Å². The van der Waals surface area contributed by atoms with E-state index >= 15 is 0 Å². The summed E-state index contributed by atoms with van der Waals surface area (Å²) in [6.45, 7) is 7.10. The van der Waals surface area contributed by atoms with Gasteiger partial charge in [-0.15, -0.1) is 0 Å². The zero-order chi connectivity index (χ0) is 17.6. The first-order valence-electron chi connectivity index (χ1n) is 8.32. The van der Waals surface area contributed by atoms with Crippen molar-refractivity contribution < 1.29 is 19.5 Å². The van der Waals surface area contributed by atoms with E-state index in [2.05, 4.69) is 0 Å². The van der Waals surface area contributed by atoms with Crippen LogP contribution in [0, 0.1) is 11.3 Å². The van der Waals surface area contributed by atoms with Crippen molar-refractivity contribution >= 4 is 28.8 Å². The summed E-state index contributed by atoms with van der Waals surface area (Å²) in [4.78, 5) is 37.3. The van der Waals surface area contributed by atoms with Crippen LogP contribution in [0.25, 0.3) is 0 Å². The molecule has 1 aliphatic rings. The van der Waals surface area contributed by atoms with Gasteiger partial charge < -0.3 is 10.0 Å². The fourth-order valence-corrected chi connectivity index (χ4v) is 3.67. The van der Waals surface area contributed by atoms with Crippen molar-refractivity contribution in [1.29, 1.82) is 0 Å². The molecular formula is C17H29NO4S. The minimum Gasteiger partial charge on any atom is -0.480 e. The highest BCUT2D eigenvalue weighted by atomic mass is 32.2. The fraction of sp³-hybridized carbons (Fsp3) is 0.824. The molecule has 0 spiro atoms. The lowest BCUT2D eigenvalue weighted by Crippen LogP contribution is -2.47. The Morgan fingerprint density at radius 1 is 1.17 bits per heavy atom. The Kier molecular flexibility index (Phi) is 7.58. The fourth-order valence-electron chi connectivity index (χ4n) is 2.70. The average Bonchev–Trinajstić information content (AvgIpc) is 2.48. The summed E-state index contributed by atoms with van der Waals surface area (Å²) in [6.07, 6.45) is 4.98. The van der Waals surface area contributed by atoms with Crippen LogP contribution in [0.3, 0.4) is 0 Å². The summed E-state index contributed by atoms with van der Waals surface area (Å²) >= 11 is 1.17. The highest BCUT2D eigenvalue weighted by Gasteiger charge is 2.31. The van der Waals surface area contributed by atoms with E-state index in [4.69, 9.17) is 5.11 Å². The number of thioether (sulfide) groups is 1. The van der Waals surface area contributed by atoms with Gasteiger partial charge in [-0.3, -0.25) is 14.4 Å². The number of hydrogen-bond donors (Lipinski definition) is 1. The topological polar surface area (TPSA) is 74.7 Å². The van der Waals surface area contributed by atoms with Crippen molar-refractivity contribution in [3.05, 3.63) is 0 Å². The van der Waals surface area contributed by atoms with Gasteiger partial charge in [-0.25, -0.2) is 0 Å². The Bertz CT molecular complexity index is 438. The zero-order valence-corrected chi connectivity index (χ0v) is 15.4. The number of aliphatic carboxylic acids is 1. The predicted octanol–water partition coefficient (Wildman–Crippen LogP) is 3.17. The summed E-state index contributed by atoms with van der Waals surface area (Å²) in [6, 6.07) is 0.0260. The molecule has 132 valence electrons. The van der Waals surface area contributed by atoms with Gasteiger partial charge in [-0.05, 0) is 12.8 Å². The first-order valence-corrected chi connectivity index (χ1v) is 9.31. The number of carboxylic acids is 1. The Morgan fingerprint density at radius 3 is 2.22 bits per heavy atom. The van der Waals surface area contributed by atoms with Crippen molar-refractivity contribution in [3.63, 3.8) is 0 Å². The Hall–Kier alpha value is -1.04. The summed E-state index contributed by atoms with van der Waals surface area (Å²) in [5, 5.41) is 9.17. The van der Waals surface area contributed by atoms with Crippen LogP contribution in [0.5, 0.6) is 0 Å². The van der Waals surface area contributed by atoms with Gasteiger partial charge in [-0.1, -0.05) is 58.7 Å². The van der Waals surface area contributed by atoms with Gasteiger partial charge in [0.2, 0.25) is 5.91 Å². The molecule has 0 aromatic heterocycles. The largest absolute Gasteiger partial charge is 0.480 e. The molecule has 1 unspecified atom stereocenters. The number of carboxylic acid groups (broad SMARTS) is 1. The van der Waals surface area contributed by atoms with Crippen LogP contribution in [-0.4, -0.2) is 45.3 Å². The SMILES string of the molecule is CC(CSC(=O)C(C)(C)C)C(=O)N(CC(=O)O)C1CCCCC1. The van der Waals surface area contributed by atoms with Crippen LogP contribution >= 0.6 is 11.8 Å². The second kappa shape index (κ2) is 8.71. The summed E-state index contributed by atoms with van der Waals surface area (Å²) in [5.74, 6) is -1.08. The number of carbonyl (C=O) groups excluding carboxylic acids is 2. The second-order valence-corrected chi connectivity index (χ2v) is 8.39. The van der Waals surface area contributed by atoms with Crippen molar-refractivity contribution in [2.75, 3.05) is 12.3 Å². The molecule has 1 aliphatic carbocycles. The quantitative estimate of drug-likeness (QED) is 0.802. The maximum absolute atomic E-state index is 12.7. The van der Waals surface area contributed by atoms with Gasteiger partial charge in [-0.2, -0.15) is 0 Å². The molecule has 0 bridgehead atoms. The van der Waals surface area contributed by atoms with E-state index in [0.29, 0.717) is 5.75 Å². The molecule has 0 heterocycles. The number of hydrogen-bond acceptors (Lipinski definition) is 4. The molecule has 23 heavy (non-hydrogen) atoms. The molecule has 5 nitrogen and oxygen atoms in total. The highest BCUT2D eigenvalue weighted by molar-refractivity contribution is 8.13. The van der Waals surface area contributed by atoms with E-state index in [-0.39, 0.29) is 29.5 Å². The van der Waals surface area contributed by atoms with E-state index in [9.17, 15) is 14.4 Å². The number of carbonyl (C=O) groups is 3. The molecule has 1 rings (SSSR count). The number of amides is 1. The van der Waals surface area contributed by atoms with E-state index in [1.54, 1.807) is 6.92 Å². The summed E-state index contributed by atoms with van der Waals surface area (Å²) in [7, 11) is 0. The Balaban J connectivity index is 2.67. The van der Waals surface area contributed by atoms with Crippen LogP contribution < -0.4 is 0 Å². The summed E-state index contributed by atoms with van der Waals surface area (Å²) in [5.41, 5.74) is -0.433. The van der Waals surface area contributed by atoms with E-state index in [0.717, 1.165) is 32.1 Å². The van der Waals surface area contributed by atoms with Crippen LogP contribution in [0.1, 0.15) is 59.8 Å². The van der Waals surface area contributed by atoms with Crippen molar-refractivity contribution in [2.24, 2.45) is 11.3 Å². The maximum atomic E-state index is 12.7. The molecule has 1 saturated carbocycles. The van der Waals surface area contributed by atoms with E-state index < -0.39 is 11.4 Å². The standard InChI is InChI=1S/C17H29NO4S/c1-12(11-23-16(22)17(2,3)4)15(21)18(10-14(19)20)13-8-6-5-7-9-13/h12-13H,5-11H2,1-4H3,(H,19,20). The number of rotatable bonds is 6. The third-order valence-electron chi connectivity index (χ3n) is 4.10. The Morgan fingerprint density at radius 2 is 1.74 bits per heavy atom. The summed E-state index contributed by atoms with van der Waals surface area (Å²) < 4.78 is 0. The first kappa shape index (κ1) is 20.0. The molecule has 6 heteroatoms. The Labute approximate surface area is 143 Å². The smallest absolute Gasteiger partial charge is 0.323 e. The van der Waals surface area contributed by atoms with Gasteiger partial charge in [0, 0.05) is 23.1 Å². The molecule has 0 aromatic carbocycles. The van der Waals surface area contributed by atoms with Crippen LogP contribution in [0.4, 0.5) is 0 Å². The molecule has 0 aromatic rings. The molecule has 0 saturated heterocycles. The second-order valence-electron chi connectivity index (χ2n) is 7.40. The molecule has 0 radical (unpaired) electrons. The lowest BCUT2D eigenvalue weighted by molar-refractivity contribution is -0.148. The minimum absolute atomic E-state index is 0.0260. The monoisotopic (exact) mass is 343 g/mol. The van der Waals surface area contributed by atoms with Gasteiger partial charge >= 0.3 is 5.97 Å². The van der Waals surface area contributed by atoms with Crippen molar-refractivity contribution in [3.8, 4) is 0 Å². The van der Waals surface area contributed by atoms with Crippen molar-refractivity contribution in [2.45, 2.75) is 65.8 Å². The molecule has 1 amide bonds. The molecule has 1 atom stereocenters. The normalized spacial score (nSPS) is 17.6. The molecule has 1 N–H and O–H groups in total. The molecule has 0 aliphatic heterocycles. The van der Waals surface area contributed by atoms with E-state index in [1.165, 1.54) is 16.7 Å². The molecular weight excluding hydrogens is 314 g/mol. The van der Waals surface area contributed by atoms with Gasteiger partial charge in [0.1, 0.15) is 6.54 Å². The van der Waals surface area contributed by atoms with Gasteiger partial charge in [0.05, 0.1) is 0 Å². The lowest BCUT2D eigenvalue weighted by Gasteiger charge is -2.35. The third kappa shape index (κ3) is 6.53. The first-order chi connectivity index (χ1) is 10.6. The highest BCUT2D eigenvalue weighted by Crippen LogP contribution is 2.27. The predicted molar refractivity (Wildman–Crippen MR) is 92.3 cm³/mol. The number of nitrogens with zero attached hydrogens (tertiary/aromatic N) is 1. The minimum atomic E-state index is -0.977. The maximum Gasteiger partial charge on any atom is 0.323 e. The average molecular weight is 343 g/mol. The van der Waals surface area contributed by atoms with Crippen LogP contribution in [-0.2, 0) is 14.4 Å². The van der Waals surface area contributed by atoms with Gasteiger partial charge in [0.25, 0.3) is 0 Å².